The molecule has 21 heavy (non-hydrogen) atoms. The molecule has 0 radical (unpaired) electrons. The van der Waals surface area contributed by atoms with E-state index in [0.717, 1.165) is 17.5 Å². The second-order valence-electron chi connectivity index (χ2n) is 5.24. The molecule has 1 saturated heterocycles. The van der Waals surface area contributed by atoms with E-state index in [9.17, 15) is 13.2 Å². The Hall–Kier alpha value is -1.89. The first-order valence-electron chi connectivity index (χ1n) is 6.63. The maximum atomic E-state index is 11.6. The smallest absolute Gasteiger partial charge is 0.328 e. The first kappa shape index (κ1) is 15.5. The monoisotopic (exact) mass is 310 g/mol. The normalized spacial score (nSPS) is 21.6. The highest BCUT2D eigenvalue weighted by atomic mass is 32.2. The van der Waals surface area contributed by atoms with Crippen LogP contribution in [0.2, 0.25) is 0 Å². The van der Waals surface area contributed by atoms with Crippen molar-refractivity contribution in [3.63, 3.8) is 0 Å². The van der Waals surface area contributed by atoms with Crippen molar-refractivity contribution in [2.24, 2.45) is 0 Å². The SMILES string of the molecule is Cc1cc(/C=C/C(=O)O)cnc1N1CCS(=O)(=O)CC1C. The summed E-state index contributed by atoms with van der Waals surface area (Å²) in [4.78, 5) is 16.9. The fourth-order valence-electron chi connectivity index (χ4n) is 2.46. The second-order valence-corrected chi connectivity index (χ2v) is 7.47. The third kappa shape index (κ3) is 3.81. The van der Waals surface area contributed by atoms with Gasteiger partial charge in [-0.2, -0.15) is 0 Å². The molecule has 0 bridgehead atoms. The minimum absolute atomic E-state index is 0.115. The lowest BCUT2D eigenvalue weighted by molar-refractivity contribution is -0.131. The standard InChI is InChI=1S/C14H18N2O4S/c1-10-7-12(3-4-13(17)18)8-15-14(10)16-5-6-21(19,20)9-11(16)2/h3-4,7-8,11H,5-6,9H2,1-2H3,(H,17,18)/b4-3+. The number of carboxylic acids is 1. The van der Waals surface area contributed by atoms with Crippen molar-refractivity contribution in [3.8, 4) is 0 Å². The van der Waals surface area contributed by atoms with Gasteiger partial charge in [0.1, 0.15) is 5.82 Å². The van der Waals surface area contributed by atoms with Gasteiger partial charge in [-0.3, -0.25) is 0 Å². The van der Waals surface area contributed by atoms with E-state index in [1.807, 2.05) is 24.8 Å². The van der Waals surface area contributed by atoms with Crippen molar-refractivity contribution in [1.29, 1.82) is 0 Å². The number of rotatable bonds is 3. The van der Waals surface area contributed by atoms with Crippen molar-refractivity contribution < 1.29 is 18.3 Å². The molecule has 2 rings (SSSR count). The molecule has 1 unspecified atom stereocenters. The Morgan fingerprint density at radius 3 is 2.81 bits per heavy atom. The van der Waals surface area contributed by atoms with Crippen LogP contribution in [0, 0.1) is 6.92 Å². The van der Waals surface area contributed by atoms with Crippen LogP contribution in [0.3, 0.4) is 0 Å². The molecule has 1 atom stereocenters. The summed E-state index contributed by atoms with van der Waals surface area (Å²) in [6, 6.07) is 1.73. The third-order valence-electron chi connectivity index (χ3n) is 3.43. The Balaban J connectivity index is 2.23. The fraction of sp³-hybridized carbons (Fsp3) is 0.429. The number of hydrogen-bond donors (Lipinski definition) is 1. The van der Waals surface area contributed by atoms with E-state index >= 15 is 0 Å². The van der Waals surface area contributed by atoms with Crippen LogP contribution in [0.1, 0.15) is 18.1 Å². The Kier molecular flexibility index (Phi) is 4.32. The van der Waals surface area contributed by atoms with E-state index in [1.165, 1.54) is 6.08 Å². The molecular formula is C14H18N2O4S. The van der Waals surface area contributed by atoms with E-state index in [1.54, 1.807) is 6.20 Å². The van der Waals surface area contributed by atoms with Crippen molar-refractivity contribution in [1.82, 2.24) is 4.98 Å². The minimum atomic E-state index is -2.96. The number of aliphatic carboxylic acids is 1. The van der Waals surface area contributed by atoms with Gasteiger partial charge in [0, 0.05) is 24.9 Å². The van der Waals surface area contributed by atoms with Gasteiger partial charge < -0.3 is 10.0 Å². The van der Waals surface area contributed by atoms with Gasteiger partial charge in [-0.25, -0.2) is 18.2 Å². The molecule has 1 aromatic heterocycles. The lowest BCUT2D eigenvalue weighted by Gasteiger charge is -2.35. The predicted molar refractivity (Wildman–Crippen MR) is 81.1 cm³/mol. The molecule has 114 valence electrons. The summed E-state index contributed by atoms with van der Waals surface area (Å²) >= 11 is 0. The van der Waals surface area contributed by atoms with E-state index in [-0.39, 0.29) is 17.5 Å². The van der Waals surface area contributed by atoms with Gasteiger partial charge in [0.05, 0.1) is 11.5 Å². The van der Waals surface area contributed by atoms with E-state index in [2.05, 4.69) is 4.98 Å². The topological polar surface area (TPSA) is 87.6 Å². The number of anilines is 1. The van der Waals surface area contributed by atoms with Crippen molar-refractivity contribution in [3.05, 3.63) is 29.5 Å². The highest BCUT2D eigenvalue weighted by Gasteiger charge is 2.29. The molecule has 1 fully saturated rings. The molecular weight excluding hydrogens is 292 g/mol. The first-order valence-corrected chi connectivity index (χ1v) is 8.45. The summed E-state index contributed by atoms with van der Waals surface area (Å²) in [5.74, 6) is 0.0185. The van der Waals surface area contributed by atoms with Gasteiger partial charge >= 0.3 is 5.97 Å². The van der Waals surface area contributed by atoms with Crippen LogP contribution >= 0.6 is 0 Å². The van der Waals surface area contributed by atoms with Gasteiger partial charge in [0.15, 0.2) is 9.84 Å². The summed E-state index contributed by atoms with van der Waals surface area (Å²) in [5.41, 5.74) is 1.60. The Labute approximate surface area is 124 Å². The largest absolute Gasteiger partial charge is 0.478 e. The second kappa shape index (κ2) is 5.85. The maximum absolute atomic E-state index is 11.6. The van der Waals surface area contributed by atoms with Crippen LogP contribution in [-0.4, -0.2) is 48.6 Å². The van der Waals surface area contributed by atoms with Crippen molar-refractivity contribution in [2.45, 2.75) is 19.9 Å². The Bertz CT molecular complexity index is 682. The predicted octanol–water partition coefficient (Wildman–Crippen LogP) is 1.11. The molecule has 1 N–H and O–H groups in total. The summed E-state index contributed by atoms with van der Waals surface area (Å²) in [5, 5.41) is 8.61. The number of nitrogens with zero attached hydrogens (tertiary/aromatic N) is 2. The van der Waals surface area contributed by atoms with E-state index in [0.29, 0.717) is 12.1 Å². The minimum Gasteiger partial charge on any atom is -0.478 e. The van der Waals surface area contributed by atoms with Crippen LogP contribution < -0.4 is 4.90 Å². The lowest BCUT2D eigenvalue weighted by Crippen LogP contribution is -2.47. The van der Waals surface area contributed by atoms with Crippen LogP contribution in [0.25, 0.3) is 6.08 Å². The highest BCUT2D eigenvalue weighted by Crippen LogP contribution is 2.24. The van der Waals surface area contributed by atoms with Gasteiger partial charge in [0.25, 0.3) is 0 Å². The molecule has 1 aromatic rings. The average molecular weight is 310 g/mol. The summed E-state index contributed by atoms with van der Waals surface area (Å²) in [6.45, 7) is 4.19. The molecule has 2 heterocycles. The zero-order chi connectivity index (χ0) is 15.6. The van der Waals surface area contributed by atoms with Gasteiger partial charge in [-0.1, -0.05) is 0 Å². The van der Waals surface area contributed by atoms with Crippen LogP contribution in [0.5, 0.6) is 0 Å². The number of pyridine rings is 1. The Morgan fingerprint density at radius 2 is 2.24 bits per heavy atom. The highest BCUT2D eigenvalue weighted by molar-refractivity contribution is 7.91. The first-order chi connectivity index (χ1) is 9.78. The molecule has 0 aromatic carbocycles. The number of sulfone groups is 1. The molecule has 6 nitrogen and oxygen atoms in total. The van der Waals surface area contributed by atoms with Crippen molar-refractivity contribution in [2.75, 3.05) is 23.0 Å². The molecule has 1 aliphatic rings. The van der Waals surface area contributed by atoms with Crippen LogP contribution in [0.4, 0.5) is 5.82 Å². The molecule has 0 amide bonds. The van der Waals surface area contributed by atoms with Gasteiger partial charge in [-0.05, 0) is 37.1 Å². The zero-order valence-corrected chi connectivity index (χ0v) is 12.8. The number of hydrogen-bond acceptors (Lipinski definition) is 5. The van der Waals surface area contributed by atoms with E-state index in [4.69, 9.17) is 5.11 Å². The fourth-order valence-corrected chi connectivity index (χ4v) is 4.02. The lowest BCUT2D eigenvalue weighted by atomic mass is 10.1. The maximum Gasteiger partial charge on any atom is 0.328 e. The zero-order valence-electron chi connectivity index (χ0n) is 12.0. The van der Waals surface area contributed by atoms with Gasteiger partial charge in [-0.15, -0.1) is 0 Å². The third-order valence-corrected chi connectivity index (χ3v) is 5.23. The summed E-state index contributed by atoms with van der Waals surface area (Å²) < 4.78 is 23.2. The Morgan fingerprint density at radius 1 is 1.52 bits per heavy atom. The van der Waals surface area contributed by atoms with Crippen molar-refractivity contribution >= 4 is 27.7 Å². The quantitative estimate of drug-likeness (QED) is 0.842. The van der Waals surface area contributed by atoms with Crippen LogP contribution in [0.15, 0.2) is 18.3 Å². The molecule has 0 aliphatic carbocycles. The number of aromatic nitrogens is 1. The molecule has 0 saturated carbocycles. The molecule has 7 heteroatoms. The van der Waals surface area contributed by atoms with Gasteiger partial charge in [0.2, 0.25) is 0 Å². The van der Waals surface area contributed by atoms with Crippen LogP contribution in [-0.2, 0) is 14.6 Å². The van der Waals surface area contributed by atoms with E-state index < -0.39 is 15.8 Å². The number of aryl methyl sites for hydroxylation is 1. The average Bonchev–Trinajstić information content (AvgIpc) is 2.36. The molecule has 0 spiro atoms. The number of carbonyl (C=O) groups is 1. The summed E-state index contributed by atoms with van der Waals surface area (Å²) in [7, 11) is -2.96. The summed E-state index contributed by atoms with van der Waals surface area (Å²) in [6.07, 6.45) is 4.14. The molecule has 1 aliphatic heterocycles. The number of carboxylic acid groups (broad SMARTS) is 1.